The molecule has 0 bridgehead atoms. The van der Waals surface area contributed by atoms with E-state index in [4.69, 9.17) is 0 Å². The number of nitrogens with one attached hydrogen (secondary N) is 1. The van der Waals surface area contributed by atoms with Gasteiger partial charge in [0.25, 0.3) is 0 Å². The summed E-state index contributed by atoms with van der Waals surface area (Å²) in [5.41, 5.74) is 1.13. The molecule has 1 saturated carbocycles. The van der Waals surface area contributed by atoms with Crippen LogP contribution in [0.15, 0.2) is 47.5 Å². The summed E-state index contributed by atoms with van der Waals surface area (Å²) in [7, 11) is 0. The van der Waals surface area contributed by atoms with Gasteiger partial charge in [0.1, 0.15) is 0 Å². The van der Waals surface area contributed by atoms with Crippen LogP contribution in [0.25, 0.3) is 0 Å². The number of hydrogen-bond acceptors (Lipinski definition) is 3. The number of amides is 1. The van der Waals surface area contributed by atoms with Gasteiger partial charge in [0.05, 0.1) is 18.5 Å². The van der Waals surface area contributed by atoms with Crippen LogP contribution in [0.5, 0.6) is 0 Å². The fourth-order valence-corrected chi connectivity index (χ4v) is 3.79. The normalized spacial score (nSPS) is 23.3. The van der Waals surface area contributed by atoms with E-state index in [0.29, 0.717) is 18.8 Å². The van der Waals surface area contributed by atoms with Crippen molar-refractivity contribution in [1.29, 1.82) is 0 Å². The van der Waals surface area contributed by atoms with Gasteiger partial charge in [-0.15, -0.1) is 0 Å². The highest BCUT2D eigenvalue weighted by Gasteiger charge is 2.33. The molecular weight excluding hydrogens is 370 g/mol. The Morgan fingerprint density at radius 1 is 1.42 bits per heavy atom. The topological polar surface area (TPSA) is 67.2 Å². The number of aryl methyl sites for hydroxylation is 1. The van der Waals surface area contributed by atoms with Crippen molar-refractivity contribution < 1.29 is 9.90 Å². The molecule has 5 nitrogen and oxygen atoms in total. The SMILES string of the molecule is O=C(CCc1cccc(Br)c1)N[C@@H]1CC(Cn2ccnc2)C[C@H]1O. The number of aliphatic hydroxyl groups excluding tert-OH is 1. The first-order chi connectivity index (χ1) is 11.6. The molecule has 1 unspecified atom stereocenters. The molecule has 3 rings (SSSR count). The second kappa shape index (κ2) is 7.94. The van der Waals surface area contributed by atoms with Gasteiger partial charge in [-0.25, -0.2) is 4.98 Å². The molecule has 1 heterocycles. The van der Waals surface area contributed by atoms with E-state index in [2.05, 4.69) is 26.2 Å². The molecule has 1 aliphatic rings. The molecule has 3 atom stereocenters. The van der Waals surface area contributed by atoms with Crippen molar-refractivity contribution in [2.45, 2.75) is 44.4 Å². The van der Waals surface area contributed by atoms with E-state index < -0.39 is 6.10 Å². The van der Waals surface area contributed by atoms with Gasteiger partial charge in [-0.2, -0.15) is 0 Å². The highest BCUT2D eigenvalue weighted by molar-refractivity contribution is 9.10. The van der Waals surface area contributed by atoms with E-state index in [1.807, 2.05) is 35.0 Å². The average molecular weight is 392 g/mol. The molecule has 0 spiro atoms. The summed E-state index contributed by atoms with van der Waals surface area (Å²) in [6.07, 6.45) is 7.67. The average Bonchev–Trinajstić information content (AvgIpc) is 3.16. The van der Waals surface area contributed by atoms with Crippen LogP contribution in [0.2, 0.25) is 0 Å². The maximum absolute atomic E-state index is 12.2. The predicted octanol–water partition coefficient (Wildman–Crippen LogP) is 2.53. The van der Waals surface area contributed by atoms with E-state index in [1.54, 1.807) is 12.5 Å². The Balaban J connectivity index is 1.45. The van der Waals surface area contributed by atoms with Crippen molar-refractivity contribution >= 4 is 21.8 Å². The molecule has 1 aromatic carbocycles. The van der Waals surface area contributed by atoms with Gasteiger partial charge in [0, 0.05) is 29.8 Å². The molecule has 0 radical (unpaired) electrons. The fraction of sp³-hybridized carbons (Fsp3) is 0.444. The number of benzene rings is 1. The van der Waals surface area contributed by atoms with Gasteiger partial charge >= 0.3 is 0 Å². The first-order valence-electron chi connectivity index (χ1n) is 8.28. The summed E-state index contributed by atoms with van der Waals surface area (Å²) < 4.78 is 3.04. The zero-order valence-electron chi connectivity index (χ0n) is 13.4. The second-order valence-electron chi connectivity index (χ2n) is 6.47. The van der Waals surface area contributed by atoms with Crippen LogP contribution in [0, 0.1) is 5.92 Å². The number of aliphatic hydroxyl groups is 1. The van der Waals surface area contributed by atoms with Gasteiger partial charge in [0.15, 0.2) is 0 Å². The Bertz CT molecular complexity index is 675. The number of carbonyl (C=O) groups excluding carboxylic acids is 1. The minimum atomic E-state index is -0.464. The second-order valence-corrected chi connectivity index (χ2v) is 7.38. The summed E-state index contributed by atoms with van der Waals surface area (Å²) in [6.45, 7) is 0.835. The summed E-state index contributed by atoms with van der Waals surface area (Å²) >= 11 is 3.44. The molecular formula is C18H22BrN3O2. The van der Waals surface area contributed by atoms with E-state index in [0.717, 1.165) is 29.4 Å². The summed E-state index contributed by atoms with van der Waals surface area (Å²) in [5, 5.41) is 13.2. The summed E-state index contributed by atoms with van der Waals surface area (Å²) in [4.78, 5) is 16.2. The Hall–Kier alpha value is -1.66. The molecule has 1 amide bonds. The van der Waals surface area contributed by atoms with Crippen LogP contribution in [-0.4, -0.2) is 32.7 Å². The van der Waals surface area contributed by atoms with Crippen LogP contribution in [-0.2, 0) is 17.8 Å². The first kappa shape index (κ1) is 17.2. The van der Waals surface area contributed by atoms with Crippen molar-refractivity contribution in [3.8, 4) is 0 Å². The predicted molar refractivity (Wildman–Crippen MR) is 95.4 cm³/mol. The van der Waals surface area contributed by atoms with Gasteiger partial charge < -0.3 is 15.0 Å². The number of halogens is 1. The first-order valence-corrected chi connectivity index (χ1v) is 9.07. The van der Waals surface area contributed by atoms with Crippen molar-refractivity contribution in [3.63, 3.8) is 0 Å². The third-order valence-corrected chi connectivity index (χ3v) is 5.02. The minimum Gasteiger partial charge on any atom is -0.391 e. The van der Waals surface area contributed by atoms with Crippen LogP contribution in [0.3, 0.4) is 0 Å². The van der Waals surface area contributed by atoms with Gasteiger partial charge in [-0.3, -0.25) is 4.79 Å². The van der Waals surface area contributed by atoms with Crippen LogP contribution in [0.1, 0.15) is 24.8 Å². The lowest BCUT2D eigenvalue weighted by Crippen LogP contribution is -2.40. The van der Waals surface area contributed by atoms with Crippen LogP contribution < -0.4 is 5.32 Å². The van der Waals surface area contributed by atoms with Crippen molar-refractivity contribution in [2.75, 3.05) is 0 Å². The van der Waals surface area contributed by atoms with Gasteiger partial charge in [-0.05, 0) is 42.9 Å². The number of aromatic nitrogens is 2. The standard InChI is InChI=1S/C18H22BrN3O2/c19-15-3-1-2-13(8-15)4-5-18(24)21-16-9-14(10-17(16)23)11-22-7-6-20-12-22/h1-3,6-8,12,14,16-17,23H,4-5,9-11H2,(H,21,24)/t14?,16-,17-/m1/s1. The third-order valence-electron chi connectivity index (χ3n) is 4.53. The molecule has 0 saturated heterocycles. The smallest absolute Gasteiger partial charge is 0.220 e. The zero-order chi connectivity index (χ0) is 16.9. The molecule has 1 fully saturated rings. The van der Waals surface area contributed by atoms with Crippen LogP contribution in [0.4, 0.5) is 0 Å². The zero-order valence-corrected chi connectivity index (χ0v) is 15.0. The van der Waals surface area contributed by atoms with Gasteiger partial charge in [0.2, 0.25) is 5.91 Å². The van der Waals surface area contributed by atoms with Crippen molar-refractivity contribution in [2.24, 2.45) is 5.92 Å². The molecule has 0 aliphatic heterocycles. The number of carbonyl (C=O) groups is 1. The number of nitrogens with zero attached hydrogens (tertiary/aromatic N) is 2. The van der Waals surface area contributed by atoms with E-state index >= 15 is 0 Å². The van der Waals surface area contributed by atoms with Gasteiger partial charge in [-0.1, -0.05) is 28.1 Å². The third kappa shape index (κ3) is 4.68. The molecule has 1 aromatic heterocycles. The fourth-order valence-electron chi connectivity index (χ4n) is 3.34. The monoisotopic (exact) mass is 391 g/mol. The Morgan fingerprint density at radius 3 is 3.04 bits per heavy atom. The number of hydrogen-bond donors (Lipinski definition) is 2. The number of imidazole rings is 1. The molecule has 2 N–H and O–H groups in total. The van der Waals surface area contributed by atoms with E-state index in [-0.39, 0.29) is 11.9 Å². The highest BCUT2D eigenvalue weighted by Crippen LogP contribution is 2.27. The Morgan fingerprint density at radius 2 is 2.29 bits per heavy atom. The Kier molecular flexibility index (Phi) is 5.68. The summed E-state index contributed by atoms with van der Waals surface area (Å²) in [5.74, 6) is 0.367. The maximum atomic E-state index is 12.2. The molecule has 1 aliphatic carbocycles. The highest BCUT2D eigenvalue weighted by atomic mass is 79.9. The lowest BCUT2D eigenvalue weighted by molar-refractivity contribution is -0.122. The number of rotatable bonds is 6. The van der Waals surface area contributed by atoms with E-state index in [1.165, 1.54) is 0 Å². The molecule has 128 valence electrons. The van der Waals surface area contributed by atoms with E-state index in [9.17, 15) is 9.90 Å². The van der Waals surface area contributed by atoms with Crippen molar-refractivity contribution in [3.05, 3.63) is 53.0 Å². The lowest BCUT2D eigenvalue weighted by atomic mass is 10.1. The molecule has 2 aromatic rings. The van der Waals surface area contributed by atoms with Crippen molar-refractivity contribution in [1.82, 2.24) is 14.9 Å². The minimum absolute atomic E-state index is 0.00214. The molecule has 24 heavy (non-hydrogen) atoms. The molecule has 6 heteroatoms. The van der Waals surface area contributed by atoms with Crippen LogP contribution >= 0.6 is 15.9 Å². The quantitative estimate of drug-likeness (QED) is 0.794. The largest absolute Gasteiger partial charge is 0.391 e. The lowest BCUT2D eigenvalue weighted by Gasteiger charge is -2.16. The Labute approximate surface area is 150 Å². The maximum Gasteiger partial charge on any atom is 0.220 e. The summed E-state index contributed by atoms with van der Waals surface area (Å²) in [6, 6.07) is 7.84.